The number of likely N-dealkylation sites (tertiary alicyclic amines) is 1. The average molecular weight is 616 g/mol. The Labute approximate surface area is 239 Å². The molecule has 2 atom stereocenters. The van der Waals surface area contributed by atoms with E-state index in [2.05, 4.69) is 72.8 Å². The number of halogens is 1. The summed E-state index contributed by atoms with van der Waals surface area (Å²) in [6.45, 7) is 0.373. The Hall–Kier alpha value is -2.51. The predicted octanol–water partition coefficient (Wildman–Crippen LogP) is 0.0373. The van der Waals surface area contributed by atoms with Gasteiger partial charge in [0.2, 0.25) is 11.8 Å². The highest BCUT2D eigenvalue weighted by atomic mass is 79.9. The zero-order chi connectivity index (χ0) is 26.3. The Balaban J connectivity index is 0.00000400. The molecule has 0 saturated carbocycles. The summed E-state index contributed by atoms with van der Waals surface area (Å²) < 4.78 is 0. The van der Waals surface area contributed by atoms with Crippen LogP contribution < -0.4 is 38.6 Å². The van der Waals surface area contributed by atoms with Crippen LogP contribution in [0.25, 0.3) is 0 Å². The standard InChI is InChI=1S/C29H31N2O4PS.BrH/c30-25(29(34)35)21-37-26-20-27(32)31(28(26)33)18-10-11-19-36(22-12-4-1-5-13-22,23-14-6-2-7-15-23)24-16-8-3-9-17-24;/h1-9,12-17,25-26H,10-11,18-21,30H2;1H/t25-,26?;/m0./s1. The van der Waals surface area contributed by atoms with Crippen LogP contribution in [0.4, 0.5) is 0 Å². The van der Waals surface area contributed by atoms with Crippen molar-refractivity contribution in [1.82, 2.24) is 4.90 Å². The SMILES string of the molecule is N[C@@H](CSC1CC(=O)N(CCCC[P+](c2ccccc2)(c2ccccc2)c2ccccc2)C1=O)C(=O)O.[Br-]. The second kappa shape index (κ2) is 14.0. The Bertz CT molecular complexity index is 1120. The van der Waals surface area contributed by atoms with Crippen molar-refractivity contribution < 1.29 is 36.5 Å². The first-order chi connectivity index (χ1) is 17.9. The molecule has 0 radical (unpaired) electrons. The van der Waals surface area contributed by atoms with Crippen LogP contribution in [-0.2, 0) is 14.4 Å². The third-order valence-corrected chi connectivity index (χ3v) is 12.6. The summed E-state index contributed by atoms with van der Waals surface area (Å²) in [7, 11) is -1.95. The van der Waals surface area contributed by atoms with Gasteiger partial charge < -0.3 is 27.8 Å². The minimum absolute atomic E-state index is 0. The van der Waals surface area contributed by atoms with E-state index in [1.807, 2.05) is 18.2 Å². The normalized spacial score (nSPS) is 16.2. The van der Waals surface area contributed by atoms with Gasteiger partial charge in [0.25, 0.3) is 0 Å². The van der Waals surface area contributed by atoms with Crippen LogP contribution >= 0.6 is 19.0 Å². The van der Waals surface area contributed by atoms with Crippen LogP contribution in [0, 0.1) is 0 Å². The molecule has 2 amide bonds. The molecular formula is C29H32BrN2O4PS. The third-order valence-electron chi connectivity index (χ3n) is 6.71. The fraction of sp³-hybridized carbons (Fsp3) is 0.276. The van der Waals surface area contributed by atoms with Gasteiger partial charge in [-0.1, -0.05) is 54.6 Å². The highest BCUT2D eigenvalue weighted by Gasteiger charge is 2.45. The molecule has 3 aromatic rings. The van der Waals surface area contributed by atoms with Gasteiger partial charge in [-0.05, 0) is 49.2 Å². The molecule has 200 valence electrons. The van der Waals surface area contributed by atoms with E-state index in [0.717, 1.165) is 24.3 Å². The Kier molecular flexibility index (Phi) is 11.1. The van der Waals surface area contributed by atoms with Gasteiger partial charge in [0.15, 0.2) is 0 Å². The van der Waals surface area contributed by atoms with Gasteiger partial charge in [-0.25, -0.2) is 0 Å². The third kappa shape index (κ3) is 6.73. The number of imide groups is 1. The van der Waals surface area contributed by atoms with Crippen molar-refractivity contribution >= 4 is 52.7 Å². The number of hydrogen-bond donors (Lipinski definition) is 2. The molecule has 1 heterocycles. The van der Waals surface area contributed by atoms with E-state index in [1.54, 1.807) is 0 Å². The fourth-order valence-electron chi connectivity index (χ4n) is 4.81. The van der Waals surface area contributed by atoms with Crippen LogP contribution in [0.2, 0.25) is 0 Å². The molecule has 0 bridgehead atoms. The molecule has 3 N–H and O–H groups in total. The lowest BCUT2D eigenvalue weighted by molar-refractivity contribution is -0.139. The molecule has 1 aliphatic heterocycles. The molecule has 0 aliphatic carbocycles. The van der Waals surface area contributed by atoms with E-state index < -0.39 is 24.5 Å². The minimum Gasteiger partial charge on any atom is -1.00 e. The van der Waals surface area contributed by atoms with Crippen molar-refractivity contribution in [3.05, 3.63) is 91.0 Å². The first-order valence-corrected chi connectivity index (χ1v) is 15.4. The summed E-state index contributed by atoms with van der Waals surface area (Å²) in [6, 6.07) is 30.9. The van der Waals surface area contributed by atoms with Gasteiger partial charge in [-0.2, -0.15) is 0 Å². The van der Waals surface area contributed by atoms with Gasteiger partial charge in [0, 0.05) is 18.7 Å². The lowest BCUT2D eigenvalue weighted by Gasteiger charge is -2.28. The molecule has 4 rings (SSSR count). The van der Waals surface area contributed by atoms with E-state index in [0.29, 0.717) is 13.0 Å². The monoisotopic (exact) mass is 614 g/mol. The van der Waals surface area contributed by atoms with E-state index in [9.17, 15) is 14.4 Å². The maximum atomic E-state index is 12.9. The average Bonchev–Trinajstić information content (AvgIpc) is 3.20. The Morgan fingerprint density at radius 2 is 1.37 bits per heavy atom. The molecule has 0 aromatic heterocycles. The van der Waals surface area contributed by atoms with Gasteiger partial charge in [0.1, 0.15) is 29.2 Å². The Morgan fingerprint density at radius 1 is 0.895 bits per heavy atom. The predicted molar refractivity (Wildman–Crippen MR) is 152 cm³/mol. The molecule has 1 saturated heterocycles. The van der Waals surface area contributed by atoms with Crippen LogP contribution in [0.5, 0.6) is 0 Å². The van der Waals surface area contributed by atoms with Crippen molar-refractivity contribution in [1.29, 1.82) is 0 Å². The molecule has 1 fully saturated rings. The summed E-state index contributed by atoms with van der Waals surface area (Å²) in [5.74, 6) is -1.43. The molecule has 38 heavy (non-hydrogen) atoms. The number of carboxylic acid groups (broad SMARTS) is 1. The first kappa shape index (κ1) is 30.0. The largest absolute Gasteiger partial charge is 1.00 e. The smallest absolute Gasteiger partial charge is 0.321 e. The number of rotatable bonds is 12. The number of carboxylic acids is 1. The van der Waals surface area contributed by atoms with Crippen molar-refractivity contribution in [2.45, 2.75) is 30.6 Å². The number of unbranched alkanes of at least 4 members (excludes halogenated alkanes) is 1. The molecule has 3 aromatic carbocycles. The number of amides is 2. The number of carbonyl (C=O) groups is 3. The lowest BCUT2D eigenvalue weighted by atomic mass is 10.3. The zero-order valence-electron chi connectivity index (χ0n) is 21.0. The van der Waals surface area contributed by atoms with Crippen LogP contribution in [0.1, 0.15) is 19.3 Å². The van der Waals surface area contributed by atoms with Crippen molar-refractivity contribution in [2.75, 3.05) is 18.5 Å². The van der Waals surface area contributed by atoms with Crippen LogP contribution in [0.15, 0.2) is 91.0 Å². The number of hydrogen-bond acceptors (Lipinski definition) is 5. The second-order valence-electron chi connectivity index (χ2n) is 9.10. The number of benzene rings is 3. The number of thioether (sulfide) groups is 1. The van der Waals surface area contributed by atoms with Gasteiger partial charge in [-0.3, -0.25) is 19.3 Å². The number of nitrogens with two attached hydrogens (primary N) is 1. The minimum atomic E-state index is -1.95. The quantitative estimate of drug-likeness (QED) is 0.170. The first-order valence-electron chi connectivity index (χ1n) is 12.4. The van der Waals surface area contributed by atoms with Crippen molar-refractivity contribution in [3.63, 3.8) is 0 Å². The molecular weight excluding hydrogens is 583 g/mol. The molecule has 0 spiro atoms. The zero-order valence-corrected chi connectivity index (χ0v) is 24.3. The highest BCUT2D eigenvalue weighted by molar-refractivity contribution is 8.00. The van der Waals surface area contributed by atoms with E-state index in [4.69, 9.17) is 10.8 Å². The summed E-state index contributed by atoms with van der Waals surface area (Å²) in [6.07, 6.45) is 2.58. The summed E-state index contributed by atoms with van der Waals surface area (Å²) in [5, 5.41) is 12.4. The maximum Gasteiger partial charge on any atom is 0.321 e. The van der Waals surface area contributed by atoms with Gasteiger partial charge in [0.05, 0.1) is 11.4 Å². The topological polar surface area (TPSA) is 101 Å². The summed E-state index contributed by atoms with van der Waals surface area (Å²) in [5.41, 5.74) is 5.57. The second-order valence-corrected chi connectivity index (χ2v) is 14.0. The van der Waals surface area contributed by atoms with Crippen molar-refractivity contribution in [3.8, 4) is 0 Å². The number of carbonyl (C=O) groups excluding carboxylic acids is 2. The van der Waals surface area contributed by atoms with Gasteiger partial charge in [-0.15, -0.1) is 11.8 Å². The summed E-state index contributed by atoms with van der Waals surface area (Å²) >= 11 is 1.16. The molecule has 1 aliphatic rings. The lowest BCUT2D eigenvalue weighted by Crippen LogP contribution is -3.00. The molecule has 6 nitrogen and oxygen atoms in total. The molecule has 9 heteroatoms. The molecule has 1 unspecified atom stereocenters. The van der Waals surface area contributed by atoms with Crippen molar-refractivity contribution in [2.24, 2.45) is 5.73 Å². The number of nitrogens with zero attached hydrogens (tertiary/aromatic N) is 1. The van der Waals surface area contributed by atoms with Crippen LogP contribution in [-0.4, -0.2) is 57.5 Å². The summed E-state index contributed by atoms with van der Waals surface area (Å²) in [4.78, 5) is 37.8. The van der Waals surface area contributed by atoms with Gasteiger partial charge >= 0.3 is 5.97 Å². The Morgan fingerprint density at radius 3 is 1.82 bits per heavy atom. The van der Waals surface area contributed by atoms with E-state index >= 15 is 0 Å². The number of aliphatic carboxylic acids is 1. The van der Waals surface area contributed by atoms with E-state index in [-0.39, 0.29) is 41.0 Å². The fourth-order valence-corrected chi connectivity index (χ4v) is 10.3. The van der Waals surface area contributed by atoms with E-state index in [1.165, 1.54) is 20.8 Å². The maximum absolute atomic E-state index is 12.9. The van der Waals surface area contributed by atoms with Crippen LogP contribution in [0.3, 0.4) is 0 Å². The highest BCUT2D eigenvalue weighted by Crippen LogP contribution is 2.55.